The van der Waals surface area contributed by atoms with Crippen molar-refractivity contribution >= 4 is 17.6 Å². The van der Waals surface area contributed by atoms with Crippen molar-refractivity contribution in [1.82, 2.24) is 4.98 Å². The summed E-state index contributed by atoms with van der Waals surface area (Å²) in [6.45, 7) is -0.0795. The van der Waals surface area contributed by atoms with Crippen LogP contribution in [-0.2, 0) is 20.9 Å². The van der Waals surface area contributed by atoms with Crippen LogP contribution in [0.1, 0.15) is 23.6 Å². The number of nitrogens with zero attached hydrogens (tertiary/aromatic N) is 1. The van der Waals surface area contributed by atoms with Gasteiger partial charge in [-0.1, -0.05) is 24.3 Å². The second-order valence-corrected chi connectivity index (χ2v) is 6.15. The number of carbonyl (C=O) groups excluding carboxylic acids is 2. The normalized spacial score (nSPS) is 15.7. The van der Waals surface area contributed by atoms with Crippen LogP contribution in [0, 0.1) is 5.82 Å². The third-order valence-electron chi connectivity index (χ3n) is 4.27. The van der Waals surface area contributed by atoms with Gasteiger partial charge in [0.2, 0.25) is 11.8 Å². The molecule has 0 saturated carbocycles. The molecule has 3 aromatic rings. The van der Waals surface area contributed by atoms with Crippen molar-refractivity contribution in [3.8, 4) is 11.5 Å². The van der Waals surface area contributed by atoms with E-state index in [0.29, 0.717) is 22.8 Å². The Morgan fingerprint density at radius 2 is 2.07 bits per heavy atom. The average Bonchev–Trinajstić information content (AvgIpc) is 3.15. The van der Waals surface area contributed by atoms with Gasteiger partial charge in [0.1, 0.15) is 24.4 Å². The number of fused-ring (bicyclic) bond motifs is 1. The monoisotopic (exact) mass is 366 g/mol. The van der Waals surface area contributed by atoms with Crippen molar-refractivity contribution in [2.75, 3.05) is 5.32 Å². The second-order valence-electron chi connectivity index (χ2n) is 6.15. The van der Waals surface area contributed by atoms with E-state index in [9.17, 15) is 14.0 Å². The zero-order valence-corrected chi connectivity index (χ0v) is 14.1. The van der Waals surface area contributed by atoms with Gasteiger partial charge < -0.3 is 14.5 Å². The molecule has 2 heterocycles. The number of nitrogens with one attached hydrogen (secondary N) is 1. The number of hydrogen-bond acceptors (Lipinski definition) is 5. The third-order valence-corrected chi connectivity index (χ3v) is 4.27. The van der Waals surface area contributed by atoms with Crippen LogP contribution < -0.4 is 5.32 Å². The molecular formula is C20H15FN2O4. The molecule has 0 bridgehead atoms. The van der Waals surface area contributed by atoms with E-state index in [1.807, 2.05) is 30.3 Å². The number of oxazole rings is 1. The highest BCUT2D eigenvalue weighted by atomic mass is 19.1. The molecule has 2 aromatic carbocycles. The van der Waals surface area contributed by atoms with Gasteiger partial charge in [0, 0.05) is 17.7 Å². The summed E-state index contributed by atoms with van der Waals surface area (Å²) in [5.41, 5.74) is 2.10. The quantitative estimate of drug-likeness (QED) is 0.713. The van der Waals surface area contributed by atoms with Gasteiger partial charge in [0.25, 0.3) is 0 Å². The topological polar surface area (TPSA) is 81.4 Å². The lowest BCUT2D eigenvalue weighted by molar-refractivity contribution is -0.148. The summed E-state index contributed by atoms with van der Waals surface area (Å²) in [4.78, 5) is 28.6. The molecule has 0 radical (unpaired) electrons. The SMILES string of the molecule is O=C1C[C@@H](C(=O)OCc2coc(-c3ccccc3)n2)c2ccc(F)cc2N1. The maximum atomic E-state index is 13.4. The number of rotatable bonds is 4. The molecule has 1 aliphatic rings. The Balaban J connectivity index is 1.46. The van der Waals surface area contributed by atoms with Gasteiger partial charge in [-0.25, -0.2) is 9.37 Å². The van der Waals surface area contributed by atoms with Crippen LogP contribution >= 0.6 is 0 Å². The van der Waals surface area contributed by atoms with Crippen molar-refractivity contribution in [2.24, 2.45) is 0 Å². The van der Waals surface area contributed by atoms with Gasteiger partial charge in [-0.3, -0.25) is 9.59 Å². The Morgan fingerprint density at radius 1 is 1.26 bits per heavy atom. The molecule has 27 heavy (non-hydrogen) atoms. The number of esters is 1. The van der Waals surface area contributed by atoms with Crippen LogP contribution in [-0.4, -0.2) is 16.9 Å². The number of halogens is 1. The predicted molar refractivity (Wildman–Crippen MR) is 94.1 cm³/mol. The molecule has 1 aliphatic heterocycles. The van der Waals surface area contributed by atoms with E-state index in [1.165, 1.54) is 24.5 Å². The first-order valence-electron chi connectivity index (χ1n) is 8.36. The van der Waals surface area contributed by atoms with Crippen molar-refractivity contribution in [1.29, 1.82) is 0 Å². The standard InChI is InChI=1S/C20H15FN2O4/c21-13-6-7-15-16(9-18(24)23-17(15)8-13)20(25)27-11-14-10-26-19(22-14)12-4-2-1-3-5-12/h1-8,10,16H,9,11H2,(H,23,24)/t16-/m1/s1. The molecule has 0 fully saturated rings. The molecular weight excluding hydrogens is 351 g/mol. The largest absolute Gasteiger partial charge is 0.459 e. The number of aromatic nitrogens is 1. The third kappa shape index (κ3) is 3.57. The van der Waals surface area contributed by atoms with E-state index >= 15 is 0 Å². The first kappa shape index (κ1) is 17.0. The highest BCUT2D eigenvalue weighted by Gasteiger charge is 2.32. The fourth-order valence-corrected chi connectivity index (χ4v) is 2.98. The van der Waals surface area contributed by atoms with Crippen LogP contribution in [0.4, 0.5) is 10.1 Å². The Kier molecular flexibility index (Phi) is 4.42. The number of ether oxygens (including phenoxy) is 1. The van der Waals surface area contributed by atoms with E-state index in [4.69, 9.17) is 9.15 Å². The Morgan fingerprint density at radius 3 is 2.89 bits per heavy atom. The fourth-order valence-electron chi connectivity index (χ4n) is 2.98. The first-order valence-corrected chi connectivity index (χ1v) is 8.36. The summed E-state index contributed by atoms with van der Waals surface area (Å²) in [7, 11) is 0. The van der Waals surface area contributed by atoms with Gasteiger partial charge in [0.15, 0.2) is 0 Å². The number of benzene rings is 2. The molecule has 6 nitrogen and oxygen atoms in total. The van der Waals surface area contributed by atoms with Gasteiger partial charge in [-0.2, -0.15) is 0 Å². The molecule has 1 atom stereocenters. The van der Waals surface area contributed by atoms with Crippen molar-refractivity contribution < 1.29 is 23.1 Å². The molecule has 1 amide bonds. The molecule has 136 valence electrons. The average molecular weight is 366 g/mol. The molecule has 4 rings (SSSR count). The minimum absolute atomic E-state index is 0.0501. The lowest BCUT2D eigenvalue weighted by Gasteiger charge is -2.24. The summed E-state index contributed by atoms with van der Waals surface area (Å²) in [6.07, 6.45) is 1.37. The van der Waals surface area contributed by atoms with E-state index in [0.717, 1.165) is 5.56 Å². The predicted octanol–water partition coefficient (Wildman–Crippen LogP) is 3.65. The van der Waals surface area contributed by atoms with Crippen LogP contribution in [0.15, 0.2) is 59.2 Å². The summed E-state index contributed by atoms with van der Waals surface area (Å²) in [5, 5.41) is 2.57. The second kappa shape index (κ2) is 7.03. The van der Waals surface area contributed by atoms with Crippen molar-refractivity contribution in [3.05, 3.63) is 71.9 Å². The molecule has 0 spiro atoms. The number of amides is 1. The molecule has 0 unspecified atom stereocenters. The summed E-state index contributed by atoms with van der Waals surface area (Å²) < 4.78 is 24.1. The highest BCUT2D eigenvalue weighted by Crippen LogP contribution is 2.33. The van der Waals surface area contributed by atoms with Gasteiger partial charge >= 0.3 is 5.97 Å². The maximum Gasteiger partial charge on any atom is 0.314 e. The Bertz CT molecular complexity index is 1000. The molecule has 7 heteroatoms. The Hall–Kier alpha value is -3.48. The maximum absolute atomic E-state index is 13.4. The summed E-state index contributed by atoms with van der Waals surface area (Å²) >= 11 is 0. The van der Waals surface area contributed by atoms with E-state index in [2.05, 4.69) is 10.3 Å². The molecule has 0 saturated heterocycles. The molecule has 1 N–H and O–H groups in total. The van der Waals surface area contributed by atoms with Crippen LogP contribution in [0.2, 0.25) is 0 Å². The van der Waals surface area contributed by atoms with E-state index in [1.54, 1.807) is 0 Å². The molecule has 0 aliphatic carbocycles. The summed E-state index contributed by atoms with van der Waals surface area (Å²) in [5.74, 6) is -1.77. The van der Waals surface area contributed by atoms with Crippen LogP contribution in [0.25, 0.3) is 11.5 Å². The fraction of sp³-hybridized carbons (Fsp3) is 0.150. The minimum atomic E-state index is -0.783. The number of anilines is 1. The molecule has 1 aromatic heterocycles. The van der Waals surface area contributed by atoms with Crippen molar-refractivity contribution in [2.45, 2.75) is 18.9 Å². The van der Waals surface area contributed by atoms with Crippen LogP contribution in [0.5, 0.6) is 0 Å². The van der Waals surface area contributed by atoms with Gasteiger partial charge in [-0.05, 0) is 29.8 Å². The van der Waals surface area contributed by atoms with Crippen LogP contribution in [0.3, 0.4) is 0 Å². The zero-order chi connectivity index (χ0) is 18.8. The lowest BCUT2D eigenvalue weighted by Crippen LogP contribution is -2.28. The van der Waals surface area contributed by atoms with Gasteiger partial charge in [-0.15, -0.1) is 0 Å². The number of carbonyl (C=O) groups is 2. The minimum Gasteiger partial charge on any atom is -0.459 e. The lowest BCUT2D eigenvalue weighted by atomic mass is 9.90. The smallest absolute Gasteiger partial charge is 0.314 e. The van der Waals surface area contributed by atoms with E-state index < -0.39 is 17.7 Å². The van der Waals surface area contributed by atoms with Crippen molar-refractivity contribution in [3.63, 3.8) is 0 Å². The van der Waals surface area contributed by atoms with Gasteiger partial charge in [0.05, 0.1) is 5.92 Å². The van der Waals surface area contributed by atoms with E-state index in [-0.39, 0.29) is 18.9 Å². The zero-order valence-electron chi connectivity index (χ0n) is 14.1. The Labute approximate surface area is 154 Å². The highest BCUT2D eigenvalue weighted by molar-refractivity contribution is 5.99. The number of hydrogen-bond donors (Lipinski definition) is 1. The summed E-state index contributed by atoms with van der Waals surface area (Å²) in [6, 6.07) is 13.3. The first-order chi connectivity index (χ1) is 13.1.